The predicted molar refractivity (Wildman–Crippen MR) is 130 cm³/mol. The van der Waals surface area contributed by atoms with Gasteiger partial charge in [0, 0.05) is 17.4 Å². The van der Waals surface area contributed by atoms with E-state index < -0.39 is 0 Å². The molecule has 3 nitrogen and oxygen atoms in total. The monoisotopic (exact) mass is 438 g/mol. The number of fused-ring (bicyclic) bond motifs is 1. The lowest BCUT2D eigenvalue weighted by molar-refractivity contribution is -0.114. The quantitative estimate of drug-likeness (QED) is 0.396. The van der Waals surface area contributed by atoms with Crippen molar-refractivity contribution in [3.8, 4) is 0 Å². The number of benzene rings is 3. The van der Waals surface area contributed by atoms with Crippen LogP contribution in [0.4, 0.5) is 0 Å². The molecule has 0 radical (unpaired) electrons. The van der Waals surface area contributed by atoms with Crippen LogP contribution in [0.1, 0.15) is 36.0 Å². The van der Waals surface area contributed by atoms with Crippen molar-refractivity contribution >= 4 is 11.4 Å². The van der Waals surface area contributed by atoms with Crippen LogP contribution < -0.4 is 0 Å². The first-order valence-corrected chi connectivity index (χ1v) is 11.8. The minimum absolute atomic E-state index is 0.107. The molecule has 3 aromatic rings. The van der Waals surface area contributed by atoms with Gasteiger partial charge in [-0.25, -0.2) is 0 Å². The van der Waals surface area contributed by atoms with Crippen LogP contribution in [-0.2, 0) is 27.5 Å². The summed E-state index contributed by atoms with van der Waals surface area (Å²) in [7, 11) is 0. The Morgan fingerprint density at radius 2 is 1.24 bits per heavy atom. The number of ether oxygens (including phenoxy) is 2. The predicted octanol–water partition coefficient (Wildman–Crippen LogP) is 6.24. The molecule has 0 N–H and O–H groups in total. The maximum absolute atomic E-state index is 12.9. The topological polar surface area (TPSA) is 35.5 Å². The van der Waals surface area contributed by atoms with E-state index in [-0.39, 0.29) is 11.2 Å². The second kappa shape index (κ2) is 9.86. The molecule has 0 saturated heterocycles. The number of hydrogen-bond donors (Lipinski definition) is 0. The maximum Gasteiger partial charge on any atom is 0.164 e. The summed E-state index contributed by atoms with van der Waals surface area (Å²) in [6, 6.07) is 30.7. The molecule has 3 heteroatoms. The highest BCUT2D eigenvalue weighted by molar-refractivity contribution is 6.24. The van der Waals surface area contributed by atoms with Crippen molar-refractivity contribution in [1.82, 2.24) is 0 Å². The van der Waals surface area contributed by atoms with E-state index in [0.29, 0.717) is 38.8 Å². The van der Waals surface area contributed by atoms with Gasteiger partial charge in [-0.3, -0.25) is 4.79 Å². The molecule has 0 aromatic heterocycles. The van der Waals surface area contributed by atoms with E-state index in [1.165, 1.54) is 16.7 Å². The number of carbonyl (C=O) groups excluding carboxylic acids is 1. The molecule has 0 bridgehead atoms. The highest BCUT2D eigenvalue weighted by Crippen LogP contribution is 2.53. The summed E-state index contributed by atoms with van der Waals surface area (Å²) in [5, 5.41) is 0. The van der Waals surface area contributed by atoms with Gasteiger partial charge in [0.1, 0.15) is 0 Å². The summed E-state index contributed by atoms with van der Waals surface area (Å²) >= 11 is 0. The molecule has 2 aliphatic carbocycles. The van der Waals surface area contributed by atoms with Gasteiger partial charge < -0.3 is 9.47 Å². The van der Waals surface area contributed by atoms with Crippen LogP contribution >= 0.6 is 0 Å². The smallest absolute Gasteiger partial charge is 0.164 e. The van der Waals surface area contributed by atoms with Gasteiger partial charge in [0.2, 0.25) is 0 Å². The van der Waals surface area contributed by atoms with Crippen molar-refractivity contribution in [2.24, 2.45) is 11.3 Å². The number of ketones is 1. The minimum atomic E-state index is -0.107. The molecule has 2 aliphatic rings. The van der Waals surface area contributed by atoms with Crippen molar-refractivity contribution in [3.63, 3.8) is 0 Å². The Morgan fingerprint density at radius 3 is 1.79 bits per heavy atom. The summed E-state index contributed by atoms with van der Waals surface area (Å²) in [6.07, 6.45) is 2.41. The lowest BCUT2D eigenvalue weighted by Gasteiger charge is -2.29. The summed E-state index contributed by atoms with van der Waals surface area (Å²) in [5.74, 6) is 0.582. The first-order valence-electron chi connectivity index (χ1n) is 11.8. The van der Waals surface area contributed by atoms with Gasteiger partial charge in [-0.05, 0) is 35.4 Å². The molecule has 0 heterocycles. The summed E-state index contributed by atoms with van der Waals surface area (Å²) in [4.78, 5) is 12.9. The summed E-state index contributed by atoms with van der Waals surface area (Å²) < 4.78 is 12.5. The number of allylic oxidation sites excluding steroid dienone is 2. The highest BCUT2D eigenvalue weighted by Gasteiger charge is 2.48. The fourth-order valence-electron chi connectivity index (χ4n) is 5.39. The molecule has 0 spiro atoms. The molecule has 1 atom stereocenters. The van der Waals surface area contributed by atoms with E-state index in [4.69, 9.17) is 9.47 Å². The van der Waals surface area contributed by atoms with E-state index in [2.05, 4.69) is 36.4 Å². The molecule has 1 saturated carbocycles. The molecular formula is C30H30O3. The van der Waals surface area contributed by atoms with Crippen LogP contribution in [-0.4, -0.2) is 19.0 Å². The fourth-order valence-corrected chi connectivity index (χ4v) is 5.39. The maximum atomic E-state index is 12.9. The second-order valence-electron chi connectivity index (χ2n) is 9.43. The fraction of sp³-hybridized carbons (Fsp3) is 0.300. The lowest BCUT2D eigenvalue weighted by Crippen LogP contribution is -2.30. The van der Waals surface area contributed by atoms with Crippen molar-refractivity contribution in [2.45, 2.75) is 32.5 Å². The Labute approximate surface area is 196 Å². The molecule has 3 aromatic carbocycles. The Balaban J connectivity index is 1.34. The van der Waals surface area contributed by atoms with Crippen molar-refractivity contribution in [1.29, 1.82) is 0 Å². The Morgan fingerprint density at radius 1 is 0.727 bits per heavy atom. The lowest BCUT2D eigenvalue weighted by atomic mass is 9.85. The molecule has 168 valence electrons. The van der Waals surface area contributed by atoms with Gasteiger partial charge >= 0.3 is 0 Å². The third kappa shape index (κ3) is 5.00. The zero-order valence-corrected chi connectivity index (χ0v) is 18.9. The van der Waals surface area contributed by atoms with Crippen LogP contribution in [0.2, 0.25) is 0 Å². The molecule has 1 unspecified atom stereocenters. The molecule has 1 fully saturated rings. The zero-order valence-electron chi connectivity index (χ0n) is 18.9. The SMILES string of the molecule is O=C1CC2CC(COCc3ccccc3)(COCc3ccccc3)CC2=C1c1ccccc1. The first-order chi connectivity index (χ1) is 16.2. The van der Waals surface area contributed by atoms with Crippen molar-refractivity contribution in [2.75, 3.05) is 13.2 Å². The van der Waals surface area contributed by atoms with Gasteiger partial charge in [-0.15, -0.1) is 0 Å². The largest absolute Gasteiger partial charge is 0.376 e. The van der Waals surface area contributed by atoms with Gasteiger partial charge in [0.05, 0.1) is 26.4 Å². The van der Waals surface area contributed by atoms with Crippen molar-refractivity contribution in [3.05, 3.63) is 113 Å². The van der Waals surface area contributed by atoms with E-state index in [1.807, 2.05) is 54.6 Å². The van der Waals surface area contributed by atoms with Crippen LogP contribution in [0.3, 0.4) is 0 Å². The minimum Gasteiger partial charge on any atom is -0.376 e. The standard InChI is InChI=1S/C30H30O3/c31-28-16-26-17-30(21-32-19-23-10-4-1-5-11-23,22-33-20-24-12-6-2-7-13-24)18-27(26)29(28)25-14-8-3-9-15-25/h1-15,26H,16-22H2. The van der Waals surface area contributed by atoms with Crippen LogP contribution in [0, 0.1) is 11.3 Å². The highest BCUT2D eigenvalue weighted by atomic mass is 16.5. The third-order valence-corrected chi connectivity index (χ3v) is 6.87. The van der Waals surface area contributed by atoms with Crippen LogP contribution in [0.5, 0.6) is 0 Å². The number of rotatable bonds is 9. The molecule has 33 heavy (non-hydrogen) atoms. The number of hydrogen-bond acceptors (Lipinski definition) is 3. The van der Waals surface area contributed by atoms with E-state index in [9.17, 15) is 4.79 Å². The average molecular weight is 439 g/mol. The Kier molecular flexibility index (Phi) is 6.52. The van der Waals surface area contributed by atoms with E-state index >= 15 is 0 Å². The van der Waals surface area contributed by atoms with Gasteiger partial charge in [0.25, 0.3) is 0 Å². The summed E-state index contributed by atoms with van der Waals surface area (Å²) in [5.41, 5.74) is 5.54. The van der Waals surface area contributed by atoms with Gasteiger partial charge in [-0.2, -0.15) is 0 Å². The summed E-state index contributed by atoms with van der Waals surface area (Å²) in [6.45, 7) is 2.45. The normalized spacial score (nSPS) is 19.2. The van der Waals surface area contributed by atoms with E-state index in [0.717, 1.165) is 24.0 Å². The molecule has 5 rings (SSSR count). The van der Waals surface area contributed by atoms with Gasteiger partial charge in [0.15, 0.2) is 5.78 Å². The van der Waals surface area contributed by atoms with E-state index in [1.54, 1.807) is 0 Å². The van der Waals surface area contributed by atoms with Crippen molar-refractivity contribution < 1.29 is 14.3 Å². The Bertz CT molecular complexity index is 1060. The van der Waals surface area contributed by atoms with Gasteiger partial charge in [-0.1, -0.05) is 96.6 Å². The average Bonchev–Trinajstić information content (AvgIpc) is 3.33. The molecular weight excluding hydrogens is 408 g/mol. The molecule has 0 amide bonds. The zero-order chi connectivity index (χ0) is 22.5. The second-order valence-corrected chi connectivity index (χ2v) is 9.43. The molecule has 0 aliphatic heterocycles. The first kappa shape index (κ1) is 21.8. The Hall–Kier alpha value is -3.01. The number of carbonyl (C=O) groups is 1. The van der Waals surface area contributed by atoms with Crippen LogP contribution in [0.25, 0.3) is 5.57 Å². The number of Topliss-reactive ketones (excluding diaryl/α,β-unsaturated/α-hetero) is 1. The van der Waals surface area contributed by atoms with Crippen LogP contribution in [0.15, 0.2) is 96.6 Å². The third-order valence-electron chi connectivity index (χ3n) is 6.87.